The van der Waals surface area contributed by atoms with Crippen molar-refractivity contribution in [1.29, 1.82) is 0 Å². The number of hydrogen-bond acceptors (Lipinski definition) is 3. The number of benzene rings is 1. The smallest absolute Gasteiger partial charge is 0.260 e. The molecule has 1 aromatic carbocycles. The van der Waals surface area contributed by atoms with Gasteiger partial charge >= 0.3 is 0 Å². The summed E-state index contributed by atoms with van der Waals surface area (Å²) < 4.78 is 5.60. The van der Waals surface area contributed by atoms with Crippen molar-refractivity contribution in [3.05, 3.63) is 59.4 Å². The number of likely N-dealkylation sites (N-methyl/N-ethyl adjacent to an activating group) is 1. The molecule has 1 heterocycles. The van der Waals surface area contributed by atoms with Crippen LogP contribution >= 0.6 is 0 Å². The fraction of sp³-hybridized carbons (Fsp3) is 0.333. The van der Waals surface area contributed by atoms with E-state index in [1.807, 2.05) is 38.1 Å². The minimum atomic E-state index is -0.0202. The Morgan fingerprint density at radius 3 is 2.41 bits per heavy atom. The van der Waals surface area contributed by atoms with E-state index in [9.17, 15) is 4.79 Å². The van der Waals surface area contributed by atoms with Crippen molar-refractivity contribution in [2.24, 2.45) is 0 Å². The summed E-state index contributed by atoms with van der Waals surface area (Å²) in [5, 5.41) is 0. The van der Waals surface area contributed by atoms with E-state index in [2.05, 4.69) is 11.1 Å². The molecule has 0 atom stereocenters. The van der Waals surface area contributed by atoms with Gasteiger partial charge in [-0.15, -0.1) is 0 Å². The van der Waals surface area contributed by atoms with Gasteiger partial charge in [-0.3, -0.25) is 9.78 Å². The maximum absolute atomic E-state index is 12.1. The lowest BCUT2D eigenvalue weighted by Crippen LogP contribution is -2.33. The Bertz CT molecular complexity index is 606. The molecule has 1 amide bonds. The maximum atomic E-state index is 12.1. The van der Waals surface area contributed by atoms with Crippen LogP contribution in [-0.2, 0) is 11.2 Å². The summed E-state index contributed by atoms with van der Waals surface area (Å²) in [5.41, 5.74) is 3.44. The second kappa shape index (κ2) is 7.59. The molecule has 0 aliphatic heterocycles. The highest BCUT2D eigenvalue weighted by molar-refractivity contribution is 5.77. The van der Waals surface area contributed by atoms with E-state index in [-0.39, 0.29) is 12.5 Å². The third-order valence-corrected chi connectivity index (χ3v) is 3.47. The zero-order valence-corrected chi connectivity index (χ0v) is 13.4. The molecular formula is C18H22N2O2. The quantitative estimate of drug-likeness (QED) is 0.823. The van der Waals surface area contributed by atoms with Gasteiger partial charge in [0.1, 0.15) is 5.75 Å². The highest BCUT2D eigenvalue weighted by Gasteiger charge is 2.10. The molecule has 4 heteroatoms. The minimum Gasteiger partial charge on any atom is -0.484 e. The Balaban J connectivity index is 1.81. The van der Waals surface area contributed by atoms with E-state index in [1.165, 1.54) is 5.56 Å². The molecule has 0 fully saturated rings. The lowest BCUT2D eigenvalue weighted by atomic mass is 10.1. The van der Waals surface area contributed by atoms with Crippen molar-refractivity contribution in [2.75, 3.05) is 20.2 Å². The molecule has 22 heavy (non-hydrogen) atoms. The van der Waals surface area contributed by atoms with Crippen molar-refractivity contribution >= 4 is 5.91 Å². The van der Waals surface area contributed by atoms with E-state index >= 15 is 0 Å². The van der Waals surface area contributed by atoms with E-state index in [4.69, 9.17) is 4.74 Å². The summed E-state index contributed by atoms with van der Waals surface area (Å²) in [6.45, 7) is 4.76. The van der Waals surface area contributed by atoms with Gasteiger partial charge < -0.3 is 9.64 Å². The number of carbonyl (C=O) groups excluding carboxylic acids is 1. The van der Waals surface area contributed by atoms with Crippen molar-refractivity contribution in [2.45, 2.75) is 20.3 Å². The summed E-state index contributed by atoms with van der Waals surface area (Å²) in [6.07, 6.45) is 4.34. The molecule has 0 unspecified atom stereocenters. The Morgan fingerprint density at radius 2 is 1.77 bits per heavy atom. The first-order valence-electron chi connectivity index (χ1n) is 7.38. The van der Waals surface area contributed by atoms with Gasteiger partial charge in [-0.05, 0) is 61.2 Å². The Kier molecular flexibility index (Phi) is 5.53. The van der Waals surface area contributed by atoms with Gasteiger partial charge in [0.05, 0.1) is 0 Å². The Labute approximate surface area is 131 Å². The third-order valence-electron chi connectivity index (χ3n) is 3.47. The van der Waals surface area contributed by atoms with E-state index < -0.39 is 0 Å². The van der Waals surface area contributed by atoms with Crippen molar-refractivity contribution in [1.82, 2.24) is 9.88 Å². The number of hydrogen-bond donors (Lipinski definition) is 0. The first-order valence-corrected chi connectivity index (χ1v) is 7.38. The average Bonchev–Trinajstić information content (AvgIpc) is 2.50. The molecule has 1 aromatic heterocycles. The topological polar surface area (TPSA) is 42.4 Å². The lowest BCUT2D eigenvalue weighted by molar-refractivity contribution is -0.132. The van der Waals surface area contributed by atoms with Crippen LogP contribution in [0.15, 0.2) is 42.7 Å². The summed E-state index contributed by atoms with van der Waals surface area (Å²) in [4.78, 5) is 17.8. The number of amides is 1. The number of ether oxygens (including phenoxy) is 1. The molecule has 116 valence electrons. The van der Waals surface area contributed by atoms with Crippen LogP contribution in [0.1, 0.15) is 16.7 Å². The van der Waals surface area contributed by atoms with Crippen LogP contribution < -0.4 is 4.74 Å². The Hall–Kier alpha value is -2.36. The van der Waals surface area contributed by atoms with Crippen LogP contribution in [0.5, 0.6) is 5.75 Å². The monoisotopic (exact) mass is 298 g/mol. The largest absolute Gasteiger partial charge is 0.484 e. The highest BCUT2D eigenvalue weighted by atomic mass is 16.5. The number of nitrogens with zero attached hydrogens (tertiary/aromatic N) is 2. The molecule has 0 saturated heterocycles. The summed E-state index contributed by atoms with van der Waals surface area (Å²) in [6, 6.07) is 9.89. The molecule has 0 radical (unpaired) electrons. The number of pyridine rings is 1. The molecule has 0 aliphatic rings. The molecule has 0 N–H and O–H groups in total. The van der Waals surface area contributed by atoms with Crippen LogP contribution in [0.4, 0.5) is 0 Å². The normalized spacial score (nSPS) is 10.3. The molecule has 0 saturated carbocycles. The fourth-order valence-electron chi connectivity index (χ4n) is 2.24. The average molecular weight is 298 g/mol. The van der Waals surface area contributed by atoms with Crippen molar-refractivity contribution < 1.29 is 9.53 Å². The molecule has 0 spiro atoms. The standard InChI is InChI=1S/C18H22N2O2/c1-14-10-15(2)12-17(11-14)22-13-18(21)20(3)9-6-16-4-7-19-8-5-16/h4-5,7-8,10-12H,6,9,13H2,1-3H3. The van der Waals surface area contributed by atoms with Crippen LogP contribution in [0.25, 0.3) is 0 Å². The van der Waals surface area contributed by atoms with Gasteiger partial charge in [0.15, 0.2) is 6.61 Å². The fourth-order valence-corrected chi connectivity index (χ4v) is 2.24. The van der Waals surface area contributed by atoms with E-state index in [1.54, 1.807) is 24.3 Å². The van der Waals surface area contributed by atoms with Crippen LogP contribution in [-0.4, -0.2) is 36.0 Å². The van der Waals surface area contributed by atoms with Gasteiger partial charge in [0.25, 0.3) is 5.91 Å². The minimum absolute atomic E-state index is 0.0202. The van der Waals surface area contributed by atoms with Gasteiger partial charge in [0.2, 0.25) is 0 Å². The SMILES string of the molecule is Cc1cc(C)cc(OCC(=O)N(C)CCc2ccncc2)c1. The van der Waals surface area contributed by atoms with Gasteiger partial charge in [-0.25, -0.2) is 0 Å². The van der Waals surface area contributed by atoms with Crippen molar-refractivity contribution in [3.8, 4) is 5.75 Å². The van der Waals surface area contributed by atoms with Crippen LogP contribution in [0.2, 0.25) is 0 Å². The molecule has 0 bridgehead atoms. The summed E-state index contributed by atoms with van der Waals surface area (Å²) in [7, 11) is 1.80. The van der Waals surface area contributed by atoms with Crippen LogP contribution in [0.3, 0.4) is 0 Å². The van der Waals surface area contributed by atoms with Crippen LogP contribution in [0, 0.1) is 13.8 Å². The molecular weight excluding hydrogens is 276 g/mol. The second-order valence-electron chi connectivity index (χ2n) is 5.53. The predicted octanol–water partition coefficient (Wildman–Crippen LogP) is 2.78. The number of rotatable bonds is 6. The van der Waals surface area contributed by atoms with Gasteiger partial charge in [-0.1, -0.05) is 6.07 Å². The Morgan fingerprint density at radius 1 is 1.14 bits per heavy atom. The number of aromatic nitrogens is 1. The zero-order chi connectivity index (χ0) is 15.9. The predicted molar refractivity (Wildman–Crippen MR) is 87.0 cm³/mol. The van der Waals surface area contributed by atoms with E-state index in [0.29, 0.717) is 6.54 Å². The summed E-state index contributed by atoms with van der Waals surface area (Å²) >= 11 is 0. The highest BCUT2D eigenvalue weighted by Crippen LogP contribution is 2.16. The lowest BCUT2D eigenvalue weighted by Gasteiger charge is -2.17. The maximum Gasteiger partial charge on any atom is 0.260 e. The first-order chi connectivity index (χ1) is 10.5. The first kappa shape index (κ1) is 16.0. The van der Waals surface area contributed by atoms with E-state index in [0.717, 1.165) is 23.3 Å². The molecule has 4 nitrogen and oxygen atoms in total. The molecule has 2 rings (SSSR count). The molecule has 0 aliphatic carbocycles. The van der Waals surface area contributed by atoms with Gasteiger partial charge in [0, 0.05) is 26.0 Å². The number of carbonyl (C=O) groups is 1. The van der Waals surface area contributed by atoms with Crippen molar-refractivity contribution in [3.63, 3.8) is 0 Å². The zero-order valence-electron chi connectivity index (χ0n) is 13.4. The summed E-state index contributed by atoms with van der Waals surface area (Å²) in [5.74, 6) is 0.724. The third kappa shape index (κ3) is 4.88. The van der Waals surface area contributed by atoms with Gasteiger partial charge in [-0.2, -0.15) is 0 Å². The number of aryl methyl sites for hydroxylation is 2. The second-order valence-corrected chi connectivity index (χ2v) is 5.53. The molecule has 2 aromatic rings.